The quantitative estimate of drug-likeness (QED) is 0.216. The van der Waals surface area contributed by atoms with E-state index in [2.05, 4.69) is 15.6 Å². The summed E-state index contributed by atoms with van der Waals surface area (Å²) in [5.41, 5.74) is 3.64. The van der Waals surface area contributed by atoms with E-state index in [1.807, 2.05) is 79.9 Å². The number of pyridine rings is 1. The average molecular weight is 565 g/mol. The van der Waals surface area contributed by atoms with Crippen LogP contribution in [0.1, 0.15) is 31.0 Å². The highest BCUT2D eigenvalue weighted by molar-refractivity contribution is 7.13. The van der Waals surface area contributed by atoms with Crippen LogP contribution in [0.3, 0.4) is 0 Å². The Kier molecular flexibility index (Phi) is 7.46. The molecule has 9 nitrogen and oxygen atoms in total. The fourth-order valence-corrected chi connectivity index (χ4v) is 5.37. The lowest BCUT2D eigenvalue weighted by atomic mass is 9.94. The first-order chi connectivity index (χ1) is 20.1. The Morgan fingerprint density at radius 3 is 2.68 bits per heavy atom. The van der Waals surface area contributed by atoms with Crippen molar-refractivity contribution in [3.8, 4) is 22.2 Å². The van der Waals surface area contributed by atoms with Crippen molar-refractivity contribution in [2.24, 2.45) is 0 Å². The van der Waals surface area contributed by atoms with Crippen LogP contribution in [0.4, 0.5) is 11.6 Å². The maximum atomic E-state index is 13.8. The van der Waals surface area contributed by atoms with Gasteiger partial charge < -0.3 is 20.1 Å². The molecule has 2 aromatic carbocycles. The molecule has 0 fully saturated rings. The summed E-state index contributed by atoms with van der Waals surface area (Å²) in [7, 11) is 0. The SMILES string of the molecule is CCOc1cc(C2C(C(=O)Nc3cccnc3)=C(C)Nc3nc(-c4cccs4)nn32)ccc1OCc1ccccc1. The number of ether oxygens (including phenoxy) is 2. The molecule has 1 aliphatic heterocycles. The highest BCUT2D eigenvalue weighted by Gasteiger charge is 2.35. The van der Waals surface area contributed by atoms with E-state index in [0.717, 1.165) is 16.0 Å². The van der Waals surface area contributed by atoms with E-state index >= 15 is 0 Å². The fourth-order valence-electron chi connectivity index (χ4n) is 4.72. The molecule has 4 heterocycles. The van der Waals surface area contributed by atoms with Gasteiger partial charge in [0.2, 0.25) is 5.95 Å². The van der Waals surface area contributed by atoms with E-state index in [1.165, 1.54) is 0 Å². The monoisotopic (exact) mass is 564 g/mol. The average Bonchev–Trinajstić information content (AvgIpc) is 3.67. The Labute approximate surface area is 241 Å². The number of nitrogens with zero attached hydrogens (tertiary/aromatic N) is 4. The zero-order chi connectivity index (χ0) is 28.2. The molecule has 6 rings (SSSR count). The molecule has 0 saturated heterocycles. The van der Waals surface area contributed by atoms with Gasteiger partial charge in [-0.05, 0) is 60.7 Å². The fraction of sp³-hybridized carbons (Fsp3) is 0.161. The number of hydrogen-bond donors (Lipinski definition) is 2. The predicted octanol–water partition coefficient (Wildman–Crippen LogP) is 6.31. The standard InChI is InChI=1S/C31H28N6O3S/c1-3-39-25-17-22(13-14-24(25)40-19-21-9-5-4-6-10-21)28-27(30(38)34-23-11-7-15-32-18-23)20(2)33-31-35-29(36-37(28)31)26-12-8-16-41-26/h4-18,28H,3,19H2,1-2H3,(H,34,38)(H,33,35,36). The molecular formula is C31H28N6O3S. The number of hydrogen-bond acceptors (Lipinski definition) is 8. The van der Waals surface area contributed by atoms with Gasteiger partial charge in [0.15, 0.2) is 17.3 Å². The lowest BCUT2D eigenvalue weighted by molar-refractivity contribution is -0.113. The molecule has 5 aromatic rings. The molecule has 2 N–H and O–H groups in total. The minimum Gasteiger partial charge on any atom is -0.490 e. The third-order valence-electron chi connectivity index (χ3n) is 6.58. The highest BCUT2D eigenvalue weighted by atomic mass is 32.1. The van der Waals surface area contributed by atoms with Crippen LogP contribution in [0.5, 0.6) is 11.5 Å². The zero-order valence-electron chi connectivity index (χ0n) is 22.6. The summed E-state index contributed by atoms with van der Waals surface area (Å²) in [5.74, 6) is 2.07. The molecule has 1 atom stereocenters. The number of amides is 1. The number of fused-ring (bicyclic) bond motifs is 1. The topological polar surface area (TPSA) is 103 Å². The lowest BCUT2D eigenvalue weighted by Crippen LogP contribution is -2.31. The molecule has 1 amide bonds. The third kappa shape index (κ3) is 5.55. The number of nitrogens with one attached hydrogen (secondary N) is 2. The van der Waals surface area contributed by atoms with Gasteiger partial charge in [0.1, 0.15) is 12.6 Å². The van der Waals surface area contributed by atoms with Gasteiger partial charge in [-0.2, -0.15) is 4.98 Å². The van der Waals surface area contributed by atoms with Gasteiger partial charge in [0.05, 0.1) is 28.9 Å². The second-order valence-electron chi connectivity index (χ2n) is 9.36. The summed E-state index contributed by atoms with van der Waals surface area (Å²) in [4.78, 5) is 23.6. The molecule has 10 heteroatoms. The summed E-state index contributed by atoms with van der Waals surface area (Å²) in [6.07, 6.45) is 3.27. The van der Waals surface area contributed by atoms with E-state index in [9.17, 15) is 4.79 Å². The molecule has 0 aliphatic carbocycles. The van der Waals surface area contributed by atoms with Gasteiger partial charge in [0.25, 0.3) is 5.91 Å². The van der Waals surface area contributed by atoms with Crippen molar-refractivity contribution in [1.82, 2.24) is 19.7 Å². The van der Waals surface area contributed by atoms with Crippen molar-refractivity contribution in [2.75, 3.05) is 17.2 Å². The summed E-state index contributed by atoms with van der Waals surface area (Å²) in [6.45, 7) is 4.66. The van der Waals surface area contributed by atoms with Crippen molar-refractivity contribution in [1.29, 1.82) is 0 Å². The number of aromatic nitrogens is 4. The van der Waals surface area contributed by atoms with Gasteiger partial charge in [0, 0.05) is 11.9 Å². The smallest absolute Gasteiger partial charge is 0.255 e. The van der Waals surface area contributed by atoms with Crippen LogP contribution in [0.2, 0.25) is 0 Å². The van der Waals surface area contributed by atoms with Crippen LogP contribution in [0, 0.1) is 0 Å². The number of thiophene rings is 1. The maximum absolute atomic E-state index is 13.8. The van der Waals surface area contributed by atoms with Crippen molar-refractivity contribution < 1.29 is 14.3 Å². The minimum atomic E-state index is -0.577. The largest absolute Gasteiger partial charge is 0.490 e. The summed E-state index contributed by atoms with van der Waals surface area (Å²) in [5, 5.41) is 13.1. The Morgan fingerprint density at radius 1 is 1.05 bits per heavy atom. The van der Waals surface area contributed by atoms with Gasteiger partial charge in [-0.1, -0.05) is 42.5 Å². The van der Waals surface area contributed by atoms with Crippen LogP contribution in [-0.2, 0) is 11.4 Å². The van der Waals surface area contributed by atoms with Crippen molar-refractivity contribution in [3.63, 3.8) is 0 Å². The van der Waals surface area contributed by atoms with Crippen LogP contribution in [0.15, 0.2) is 102 Å². The summed E-state index contributed by atoms with van der Waals surface area (Å²) in [6, 6.07) is 22.7. The van der Waals surface area contributed by atoms with Gasteiger partial charge in [-0.15, -0.1) is 16.4 Å². The first kappa shape index (κ1) is 26.3. The first-order valence-electron chi connectivity index (χ1n) is 13.2. The second-order valence-corrected chi connectivity index (χ2v) is 10.3. The van der Waals surface area contributed by atoms with Crippen LogP contribution in [-0.4, -0.2) is 32.3 Å². The van der Waals surface area contributed by atoms with E-state index in [-0.39, 0.29) is 5.91 Å². The molecule has 3 aromatic heterocycles. The predicted molar refractivity (Wildman–Crippen MR) is 159 cm³/mol. The zero-order valence-corrected chi connectivity index (χ0v) is 23.4. The second kappa shape index (κ2) is 11.6. The molecule has 0 spiro atoms. The van der Waals surface area contributed by atoms with E-state index < -0.39 is 6.04 Å². The van der Waals surface area contributed by atoms with Crippen LogP contribution < -0.4 is 20.1 Å². The van der Waals surface area contributed by atoms with E-state index in [0.29, 0.717) is 53.4 Å². The van der Waals surface area contributed by atoms with E-state index in [4.69, 9.17) is 19.6 Å². The first-order valence-corrected chi connectivity index (χ1v) is 14.1. The summed E-state index contributed by atoms with van der Waals surface area (Å²) >= 11 is 1.56. The van der Waals surface area contributed by atoms with Crippen LogP contribution in [0.25, 0.3) is 10.7 Å². The number of allylic oxidation sites excluding steroid dienone is 1. The van der Waals surface area contributed by atoms with Gasteiger partial charge in [-0.25, -0.2) is 4.68 Å². The normalized spacial score (nSPS) is 14.2. The Bertz CT molecular complexity index is 1680. The molecule has 0 saturated carbocycles. The molecule has 1 unspecified atom stereocenters. The number of rotatable bonds is 9. The maximum Gasteiger partial charge on any atom is 0.255 e. The number of carbonyl (C=O) groups is 1. The van der Waals surface area contributed by atoms with Crippen molar-refractivity contribution >= 4 is 28.9 Å². The lowest BCUT2D eigenvalue weighted by Gasteiger charge is -2.29. The van der Waals surface area contributed by atoms with Gasteiger partial charge >= 0.3 is 0 Å². The van der Waals surface area contributed by atoms with Crippen LogP contribution >= 0.6 is 11.3 Å². The number of anilines is 2. The van der Waals surface area contributed by atoms with Crippen molar-refractivity contribution in [3.05, 3.63) is 113 Å². The minimum absolute atomic E-state index is 0.269. The molecule has 41 heavy (non-hydrogen) atoms. The molecule has 0 bridgehead atoms. The van der Waals surface area contributed by atoms with Crippen molar-refractivity contribution in [2.45, 2.75) is 26.5 Å². The Morgan fingerprint density at radius 2 is 1.93 bits per heavy atom. The molecule has 0 radical (unpaired) electrons. The Balaban J connectivity index is 1.41. The van der Waals surface area contributed by atoms with Gasteiger partial charge in [-0.3, -0.25) is 9.78 Å². The van der Waals surface area contributed by atoms with E-state index in [1.54, 1.807) is 40.5 Å². The molecular weight excluding hydrogens is 536 g/mol. The number of carbonyl (C=O) groups excluding carboxylic acids is 1. The number of benzene rings is 2. The molecule has 206 valence electrons. The molecule has 1 aliphatic rings. The summed E-state index contributed by atoms with van der Waals surface area (Å²) < 4.78 is 13.9. The highest BCUT2D eigenvalue weighted by Crippen LogP contribution is 2.40. The Hall–Kier alpha value is -4.96. The third-order valence-corrected chi connectivity index (χ3v) is 7.44.